The molecule has 0 heterocycles. The summed E-state index contributed by atoms with van der Waals surface area (Å²) in [5.74, 6) is 2.26. The van der Waals surface area contributed by atoms with Crippen molar-refractivity contribution in [3.63, 3.8) is 0 Å². The summed E-state index contributed by atoms with van der Waals surface area (Å²) in [6, 6.07) is 19.7. The van der Waals surface area contributed by atoms with Crippen LogP contribution in [0.15, 0.2) is 71.2 Å². The highest BCUT2D eigenvalue weighted by Crippen LogP contribution is 2.28. The minimum Gasteiger partial charge on any atom is -0.493 e. The predicted octanol–water partition coefficient (Wildman–Crippen LogP) is 5.51. The Kier molecular flexibility index (Phi) is 5.98. The SMILES string of the molecule is COc1ccc(C(=O)Nc2ccc(Oc3ccc(Br)cc3)cc2)cc1OC. The minimum absolute atomic E-state index is 0.238. The lowest BCUT2D eigenvalue weighted by Gasteiger charge is -2.11. The fourth-order valence-corrected chi connectivity index (χ4v) is 2.69. The monoisotopic (exact) mass is 427 g/mol. The molecule has 3 aromatic rings. The van der Waals surface area contributed by atoms with Crippen molar-refractivity contribution in [2.45, 2.75) is 0 Å². The topological polar surface area (TPSA) is 56.8 Å². The van der Waals surface area contributed by atoms with E-state index in [2.05, 4.69) is 21.2 Å². The van der Waals surface area contributed by atoms with Gasteiger partial charge < -0.3 is 19.5 Å². The summed E-state index contributed by atoms with van der Waals surface area (Å²) >= 11 is 3.39. The Bertz CT molecular complexity index is 924. The van der Waals surface area contributed by atoms with Gasteiger partial charge in [-0.2, -0.15) is 0 Å². The molecule has 0 aromatic heterocycles. The summed E-state index contributed by atoms with van der Waals surface area (Å²) in [7, 11) is 3.08. The van der Waals surface area contributed by atoms with Crippen molar-refractivity contribution in [1.82, 2.24) is 0 Å². The lowest BCUT2D eigenvalue weighted by atomic mass is 10.2. The van der Waals surface area contributed by atoms with Gasteiger partial charge >= 0.3 is 0 Å². The van der Waals surface area contributed by atoms with Gasteiger partial charge in [0, 0.05) is 15.7 Å². The number of methoxy groups -OCH3 is 2. The van der Waals surface area contributed by atoms with E-state index in [-0.39, 0.29) is 5.91 Å². The number of hydrogen-bond donors (Lipinski definition) is 1. The zero-order valence-electron chi connectivity index (χ0n) is 14.9. The van der Waals surface area contributed by atoms with Crippen molar-refractivity contribution in [3.8, 4) is 23.0 Å². The van der Waals surface area contributed by atoms with Gasteiger partial charge in [-0.25, -0.2) is 0 Å². The van der Waals surface area contributed by atoms with Crippen LogP contribution in [0.25, 0.3) is 0 Å². The molecule has 0 radical (unpaired) electrons. The Morgan fingerprint density at radius 3 is 2.00 bits per heavy atom. The van der Waals surface area contributed by atoms with Crippen LogP contribution in [0.4, 0.5) is 5.69 Å². The van der Waals surface area contributed by atoms with E-state index in [0.29, 0.717) is 28.5 Å². The van der Waals surface area contributed by atoms with Gasteiger partial charge in [0.15, 0.2) is 11.5 Å². The molecule has 3 aromatic carbocycles. The Hall–Kier alpha value is -2.99. The van der Waals surface area contributed by atoms with Crippen molar-refractivity contribution in [1.29, 1.82) is 0 Å². The molecule has 0 unspecified atom stereocenters. The van der Waals surface area contributed by atoms with Gasteiger partial charge in [0.2, 0.25) is 0 Å². The van der Waals surface area contributed by atoms with Crippen LogP contribution in [0.3, 0.4) is 0 Å². The van der Waals surface area contributed by atoms with Crippen molar-refractivity contribution in [2.24, 2.45) is 0 Å². The highest BCUT2D eigenvalue weighted by molar-refractivity contribution is 9.10. The number of halogens is 1. The second-order valence-corrected chi connectivity index (χ2v) is 6.52. The van der Waals surface area contributed by atoms with E-state index in [9.17, 15) is 4.79 Å². The standard InChI is InChI=1S/C21H18BrNO4/c1-25-19-12-3-14(13-20(19)26-2)21(24)23-16-6-10-18(11-7-16)27-17-8-4-15(22)5-9-17/h3-13H,1-2H3,(H,23,24). The zero-order valence-corrected chi connectivity index (χ0v) is 16.4. The molecular weight excluding hydrogens is 410 g/mol. The molecule has 1 amide bonds. The molecule has 0 aliphatic heterocycles. The van der Waals surface area contributed by atoms with Crippen LogP contribution < -0.4 is 19.5 Å². The fourth-order valence-electron chi connectivity index (χ4n) is 2.43. The average Bonchev–Trinajstić information content (AvgIpc) is 2.70. The van der Waals surface area contributed by atoms with Crippen molar-refractivity contribution < 1.29 is 19.0 Å². The first kappa shape index (κ1) is 18.8. The van der Waals surface area contributed by atoms with Crippen LogP contribution in [0.2, 0.25) is 0 Å². The fraction of sp³-hybridized carbons (Fsp3) is 0.0952. The van der Waals surface area contributed by atoms with E-state index in [1.54, 1.807) is 49.6 Å². The number of ether oxygens (including phenoxy) is 3. The molecule has 138 valence electrons. The van der Waals surface area contributed by atoms with Crippen molar-refractivity contribution in [2.75, 3.05) is 19.5 Å². The first-order chi connectivity index (χ1) is 13.1. The summed E-state index contributed by atoms with van der Waals surface area (Å²) in [6.45, 7) is 0. The molecule has 0 saturated carbocycles. The quantitative estimate of drug-likeness (QED) is 0.563. The summed E-state index contributed by atoms with van der Waals surface area (Å²) in [5.41, 5.74) is 1.14. The second kappa shape index (κ2) is 8.60. The van der Waals surface area contributed by atoms with Gasteiger partial charge in [-0.1, -0.05) is 15.9 Å². The Labute approximate surface area is 166 Å². The number of rotatable bonds is 6. The predicted molar refractivity (Wildman–Crippen MR) is 108 cm³/mol. The number of carbonyl (C=O) groups excluding carboxylic acids is 1. The maximum Gasteiger partial charge on any atom is 0.255 e. The third kappa shape index (κ3) is 4.80. The molecule has 0 aliphatic carbocycles. The summed E-state index contributed by atoms with van der Waals surface area (Å²) in [4.78, 5) is 12.4. The molecule has 0 fully saturated rings. The summed E-state index contributed by atoms with van der Waals surface area (Å²) < 4.78 is 17.2. The van der Waals surface area contributed by atoms with E-state index < -0.39 is 0 Å². The Morgan fingerprint density at radius 1 is 0.815 bits per heavy atom. The van der Waals surface area contributed by atoms with E-state index in [4.69, 9.17) is 14.2 Å². The number of amides is 1. The van der Waals surface area contributed by atoms with Crippen LogP contribution in [0.1, 0.15) is 10.4 Å². The van der Waals surface area contributed by atoms with E-state index in [0.717, 1.165) is 10.2 Å². The number of nitrogens with one attached hydrogen (secondary N) is 1. The third-order valence-electron chi connectivity index (χ3n) is 3.81. The largest absolute Gasteiger partial charge is 0.493 e. The Morgan fingerprint density at radius 2 is 1.41 bits per heavy atom. The smallest absolute Gasteiger partial charge is 0.255 e. The molecule has 1 N–H and O–H groups in total. The van der Waals surface area contributed by atoms with E-state index >= 15 is 0 Å². The molecule has 27 heavy (non-hydrogen) atoms. The third-order valence-corrected chi connectivity index (χ3v) is 4.34. The Balaban J connectivity index is 1.67. The second-order valence-electron chi connectivity index (χ2n) is 5.60. The highest BCUT2D eigenvalue weighted by atomic mass is 79.9. The summed E-state index contributed by atoms with van der Waals surface area (Å²) in [5, 5.41) is 2.85. The maximum absolute atomic E-state index is 12.4. The van der Waals surface area contributed by atoms with Gasteiger partial charge in [-0.15, -0.1) is 0 Å². The van der Waals surface area contributed by atoms with Gasteiger partial charge in [-0.3, -0.25) is 4.79 Å². The lowest BCUT2D eigenvalue weighted by Crippen LogP contribution is -2.12. The maximum atomic E-state index is 12.4. The van der Waals surface area contributed by atoms with Crippen molar-refractivity contribution >= 4 is 27.5 Å². The van der Waals surface area contributed by atoms with E-state index in [1.165, 1.54) is 7.11 Å². The highest BCUT2D eigenvalue weighted by Gasteiger charge is 2.11. The molecule has 5 nitrogen and oxygen atoms in total. The number of hydrogen-bond acceptors (Lipinski definition) is 4. The first-order valence-electron chi connectivity index (χ1n) is 8.16. The molecule has 0 atom stereocenters. The number of anilines is 1. The molecule has 0 saturated heterocycles. The molecule has 0 aliphatic rings. The zero-order chi connectivity index (χ0) is 19.2. The normalized spacial score (nSPS) is 10.2. The van der Waals surface area contributed by atoms with Gasteiger partial charge in [0.25, 0.3) is 5.91 Å². The average molecular weight is 428 g/mol. The van der Waals surface area contributed by atoms with Crippen LogP contribution in [0, 0.1) is 0 Å². The number of benzene rings is 3. The van der Waals surface area contributed by atoms with Crippen LogP contribution in [0.5, 0.6) is 23.0 Å². The van der Waals surface area contributed by atoms with Crippen molar-refractivity contribution in [3.05, 3.63) is 76.8 Å². The van der Waals surface area contributed by atoms with Crippen LogP contribution >= 0.6 is 15.9 Å². The van der Waals surface area contributed by atoms with Gasteiger partial charge in [0.05, 0.1) is 14.2 Å². The van der Waals surface area contributed by atoms with Crippen LogP contribution in [-0.2, 0) is 0 Å². The van der Waals surface area contributed by atoms with Gasteiger partial charge in [0.1, 0.15) is 11.5 Å². The lowest BCUT2D eigenvalue weighted by molar-refractivity contribution is 0.102. The molecular formula is C21H18BrNO4. The van der Waals surface area contributed by atoms with Crippen LogP contribution in [-0.4, -0.2) is 20.1 Å². The first-order valence-corrected chi connectivity index (χ1v) is 8.95. The number of carbonyl (C=O) groups is 1. The summed E-state index contributed by atoms with van der Waals surface area (Å²) in [6.07, 6.45) is 0. The molecule has 0 bridgehead atoms. The van der Waals surface area contributed by atoms with E-state index in [1.807, 2.05) is 24.3 Å². The molecule has 6 heteroatoms. The van der Waals surface area contributed by atoms with Gasteiger partial charge in [-0.05, 0) is 66.7 Å². The molecule has 0 spiro atoms. The molecule has 3 rings (SSSR count). The minimum atomic E-state index is -0.238.